The van der Waals surface area contributed by atoms with Crippen molar-refractivity contribution >= 4 is 17.5 Å². The zero-order valence-electron chi connectivity index (χ0n) is 12.6. The number of benzene rings is 2. The molecule has 0 unspecified atom stereocenters. The highest BCUT2D eigenvalue weighted by atomic mass is 35.5. The van der Waals surface area contributed by atoms with Gasteiger partial charge in [0.1, 0.15) is 5.75 Å². The number of nitriles is 1. The van der Waals surface area contributed by atoms with Gasteiger partial charge in [-0.15, -0.1) is 0 Å². The first-order valence-electron chi connectivity index (χ1n) is 7.32. The number of halogens is 1. The highest BCUT2D eigenvalue weighted by Gasteiger charge is 2.06. The zero-order valence-corrected chi connectivity index (χ0v) is 13.3. The Morgan fingerprint density at radius 1 is 1.22 bits per heavy atom. The van der Waals surface area contributed by atoms with Crippen LogP contribution in [0, 0.1) is 11.3 Å². The van der Waals surface area contributed by atoms with Crippen molar-refractivity contribution < 1.29 is 9.53 Å². The number of hydrogen-bond donors (Lipinski definition) is 1. The SMILES string of the molecule is N#Cc1ccc(OCC(=O)NCCCc2ccccc2)c(Cl)c1. The standard InChI is InChI=1S/C18H17ClN2O2/c19-16-11-15(12-20)8-9-17(16)23-13-18(22)21-10-4-7-14-5-2-1-3-6-14/h1-3,5-6,8-9,11H,4,7,10,13H2,(H,21,22). The Balaban J connectivity index is 1.68. The molecule has 118 valence electrons. The maximum absolute atomic E-state index is 11.7. The Bertz CT molecular complexity index is 696. The van der Waals surface area contributed by atoms with Gasteiger partial charge >= 0.3 is 0 Å². The molecule has 0 heterocycles. The predicted molar refractivity (Wildman–Crippen MR) is 89.4 cm³/mol. The summed E-state index contributed by atoms with van der Waals surface area (Å²) in [6.45, 7) is 0.495. The van der Waals surface area contributed by atoms with Gasteiger partial charge in [0.05, 0.1) is 16.7 Å². The van der Waals surface area contributed by atoms with Crippen LogP contribution in [0.3, 0.4) is 0 Å². The number of hydrogen-bond acceptors (Lipinski definition) is 3. The average Bonchev–Trinajstić information content (AvgIpc) is 2.58. The van der Waals surface area contributed by atoms with Crippen molar-refractivity contribution in [1.29, 1.82) is 5.26 Å². The highest BCUT2D eigenvalue weighted by Crippen LogP contribution is 2.24. The third-order valence-corrected chi connectivity index (χ3v) is 3.52. The predicted octanol–water partition coefficient (Wildman–Crippen LogP) is 3.34. The van der Waals surface area contributed by atoms with Crippen molar-refractivity contribution in [2.45, 2.75) is 12.8 Å². The molecule has 2 aromatic rings. The average molecular weight is 329 g/mol. The van der Waals surface area contributed by atoms with Crippen molar-refractivity contribution in [2.24, 2.45) is 0 Å². The van der Waals surface area contributed by atoms with E-state index in [1.807, 2.05) is 24.3 Å². The minimum atomic E-state index is -0.196. The molecular weight excluding hydrogens is 312 g/mol. The fourth-order valence-corrected chi connectivity index (χ4v) is 2.28. The molecule has 0 aliphatic heterocycles. The molecule has 1 amide bonds. The van der Waals surface area contributed by atoms with Crippen molar-refractivity contribution in [2.75, 3.05) is 13.2 Å². The second kappa shape index (κ2) is 8.82. The van der Waals surface area contributed by atoms with Gasteiger partial charge in [-0.1, -0.05) is 41.9 Å². The third-order valence-electron chi connectivity index (χ3n) is 3.23. The van der Waals surface area contributed by atoms with Crippen molar-refractivity contribution in [1.82, 2.24) is 5.32 Å². The van der Waals surface area contributed by atoms with Gasteiger partial charge in [-0.25, -0.2) is 0 Å². The molecule has 0 aromatic heterocycles. The molecule has 0 saturated heterocycles. The van der Waals surface area contributed by atoms with Crippen LogP contribution in [0.4, 0.5) is 0 Å². The summed E-state index contributed by atoms with van der Waals surface area (Å²) in [4.78, 5) is 11.7. The summed E-state index contributed by atoms with van der Waals surface area (Å²) in [5.41, 5.74) is 1.70. The van der Waals surface area contributed by atoms with Gasteiger partial charge in [-0.2, -0.15) is 5.26 Å². The Morgan fingerprint density at radius 2 is 2.00 bits per heavy atom. The Hall–Kier alpha value is -2.51. The summed E-state index contributed by atoms with van der Waals surface area (Å²) in [7, 11) is 0. The Kier molecular flexibility index (Phi) is 6.46. The number of ether oxygens (including phenoxy) is 1. The molecule has 2 rings (SSSR count). The van der Waals surface area contributed by atoms with E-state index in [1.165, 1.54) is 11.6 Å². The molecular formula is C18H17ClN2O2. The van der Waals surface area contributed by atoms with E-state index >= 15 is 0 Å². The molecule has 0 aliphatic carbocycles. The smallest absolute Gasteiger partial charge is 0.257 e. The molecule has 4 nitrogen and oxygen atoms in total. The summed E-state index contributed by atoms with van der Waals surface area (Å²) in [5, 5.41) is 11.9. The van der Waals surface area contributed by atoms with Gasteiger partial charge < -0.3 is 10.1 Å². The van der Waals surface area contributed by atoms with E-state index in [0.717, 1.165) is 12.8 Å². The van der Waals surface area contributed by atoms with Gasteiger partial charge in [-0.05, 0) is 36.6 Å². The molecule has 0 fully saturated rings. The zero-order chi connectivity index (χ0) is 16.5. The molecule has 0 saturated carbocycles. The number of nitrogens with zero attached hydrogens (tertiary/aromatic N) is 1. The third kappa shape index (κ3) is 5.65. The van der Waals surface area contributed by atoms with E-state index in [1.54, 1.807) is 12.1 Å². The van der Waals surface area contributed by atoms with E-state index in [0.29, 0.717) is 22.9 Å². The van der Waals surface area contributed by atoms with E-state index in [-0.39, 0.29) is 12.5 Å². The maximum atomic E-state index is 11.7. The minimum absolute atomic E-state index is 0.100. The van der Waals surface area contributed by atoms with Crippen LogP contribution in [-0.2, 0) is 11.2 Å². The van der Waals surface area contributed by atoms with E-state index in [2.05, 4.69) is 17.4 Å². The van der Waals surface area contributed by atoms with E-state index in [9.17, 15) is 4.79 Å². The fourth-order valence-electron chi connectivity index (χ4n) is 2.05. The van der Waals surface area contributed by atoms with Crippen LogP contribution < -0.4 is 10.1 Å². The number of carbonyl (C=O) groups excluding carboxylic acids is 1. The van der Waals surface area contributed by atoms with Crippen LogP contribution >= 0.6 is 11.6 Å². The van der Waals surface area contributed by atoms with Gasteiger partial charge in [-0.3, -0.25) is 4.79 Å². The molecule has 0 atom stereocenters. The molecule has 23 heavy (non-hydrogen) atoms. The molecule has 5 heteroatoms. The van der Waals surface area contributed by atoms with Crippen LogP contribution in [0.5, 0.6) is 5.75 Å². The summed E-state index contributed by atoms with van der Waals surface area (Å²) in [5.74, 6) is 0.198. The molecule has 2 aromatic carbocycles. The lowest BCUT2D eigenvalue weighted by molar-refractivity contribution is -0.123. The summed E-state index contributed by atoms with van der Waals surface area (Å²) < 4.78 is 5.36. The maximum Gasteiger partial charge on any atom is 0.257 e. The van der Waals surface area contributed by atoms with Gasteiger partial charge in [0, 0.05) is 6.54 Å². The van der Waals surface area contributed by atoms with Gasteiger partial charge in [0.15, 0.2) is 6.61 Å². The first-order valence-corrected chi connectivity index (χ1v) is 7.70. The van der Waals surface area contributed by atoms with E-state index < -0.39 is 0 Å². The Morgan fingerprint density at radius 3 is 2.70 bits per heavy atom. The van der Waals surface area contributed by atoms with Crippen LogP contribution in [-0.4, -0.2) is 19.1 Å². The first-order chi connectivity index (χ1) is 11.2. The van der Waals surface area contributed by atoms with Crippen LogP contribution in [0.2, 0.25) is 5.02 Å². The summed E-state index contributed by atoms with van der Waals surface area (Å²) in [6, 6.07) is 16.8. The molecule has 0 radical (unpaired) electrons. The quantitative estimate of drug-likeness (QED) is 0.793. The number of rotatable bonds is 7. The fraction of sp³-hybridized carbons (Fsp3) is 0.222. The summed E-state index contributed by atoms with van der Waals surface area (Å²) in [6.07, 6.45) is 1.79. The lowest BCUT2D eigenvalue weighted by atomic mass is 10.1. The minimum Gasteiger partial charge on any atom is -0.482 e. The summed E-state index contributed by atoms with van der Waals surface area (Å²) >= 11 is 5.98. The van der Waals surface area contributed by atoms with Crippen LogP contribution in [0.15, 0.2) is 48.5 Å². The molecule has 0 spiro atoms. The van der Waals surface area contributed by atoms with Gasteiger partial charge in [0.25, 0.3) is 5.91 Å². The highest BCUT2D eigenvalue weighted by molar-refractivity contribution is 6.32. The van der Waals surface area contributed by atoms with E-state index in [4.69, 9.17) is 21.6 Å². The van der Waals surface area contributed by atoms with Crippen molar-refractivity contribution in [3.8, 4) is 11.8 Å². The second-order valence-electron chi connectivity index (χ2n) is 4.98. The monoisotopic (exact) mass is 328 g/mol. The molecule has 0 aliphatic rings. The van der Waals surface area contributed by atoms with Gasteiger partial charge in [0.2, 0.25) is 0 Å². The molecule has 0 bridgehead atoms. The Labute approximate surface area is 140 Å². The van der Waals surface area contributed by atoms with Crippen LogP contribution in [0.25, 0.3) is 0 Å². The first kappa shape index (κ1) is 16.9. The topological polar surface area (TPSA) is 62.1 Å². The molecule has 1 N–H and O–H groups in total. The largest absolute Gasteiger partial charge is 0.482 e. The number of carbonyl (C=O) groups is 1. The number of aryl methyl sites for hydroxylation is 1. The number of nitrogens with one attached hydrogen (secondary N) is 1. The normalized spacial score (nSPS) is 9.91. The second-order valence-corrected chi connectivity index (χ2v) is 5.39. The van der Waals surface area contributed by atoms with Crippen molar-refractivity contribution in [3.63, 3.8) is 0 Å². The van der Waals surface area contributed by atoms with Crippen LogP contribution in [0.1, 0.15) is 17.5 Å². The lowest BCUT2D eigenvalue weighted by Crippen LogP contribution is -2.29. The van der Waals surface area contributed by atoms with Crippen molar-refractivity contribution in [3.05, 3.63) is 64.7 Å². The number of amides is 1. The lowest BCUT2D eigenvalue weighted by Gasteiger charge is -2.09.